The molecule has 29 heavy (non-hydrogen) atoms. The topological polar surface area (TPSA) is 94.6 Å². The molecule has 1 aliphatic heterocycles. The molecule has 2 aromatic carbocycles. The predicted molar refractivity (Wildman–Crippen MR) is 107 cm³/mol. The molecular formula is C21H19N3O4S. The van der Waals surface area contributed by atoms with Gasteiger partial charge in [0.1, 0.15) is 5.58 Å². The standard InChI is InChI=1S/C21H19N3O4S/c1-15-18-4-2-3-5-19(18)28-20(15)21(25)23-10-12-24(13-11-23)29(26,27)17-8-6-16(14-22)7-9-17/h2-9H,10-13H2,1H3. The summed E-state index contributed by atoms with van der Waals surface area (Å²) in [5.41, 5.74) is 1.86. The van der Waals surface area contributed by atoms with Crippen molar-refractivity contribution in [3.8, 4) is 6.07 Å². The first kappa shape index (κ1) is 19.2. The smallest absolute Gasteiger partial charge is 0.289 e. The van der Waals surface area contributed by atoms with E-state index in [-0.39, 0.29) is 37.0 Å². The summed E-state index contributed by atoms with van der Waals surface area (Å²) in [6.07, 6.45) is 0. The van der Waals surface area contributed by atoms with E-state index in [2.05, 4.69) is 0 Å². The Morgan fingerprint density at radius 2 is 1.69 bits per heavy atom. The zero-order valence-electron chi connectivity index (χ0n) is 15.8. The molecule has 0 bridgehead atoms. The highest BCUT2D eigenvalue weighted by atomic mass is 32.2. The quantitative estimate of drug-likeness (QED) is 0.663. The number of hydrogen-bond donors (Lipinski definition) is 0. The molecule has 0 saturated carbocycles. The van der Waals surface area contributed by atoms with E-state index in [1.54, 1.807) is 4.90 Å². The molecule has 1 saturated heterocycles. The first-order chi connectivity index (χ1) is 13.9. The molecule has 1 aromatic heterocycles. The van der Waals surface area contributed by atoms with E-state index < -0.39 is 10.0 Å². The second kappa shape index (κ2) is 7.35. The predicted octanol–water partition coefficient (Wildman–Crippen LogP) is 2.76. The van der Waals surface area contributed by atoms with E-state index in [1.165, 1.54) is 28.6 Å². The lowest BCUT2D eigenvalue weighted by molar-refractivity contribution is 0.0667. The van der Waals surface area contributed by atoms with Crippen LogP contribution in [0.2, 0.25) is 0 Å². The minimum atomic E-state index is -3.67. The molecule has 8 heteroatoms. The fourth-order valence-corrected chi connectivity index (χ4v) is 4.93. The lowest BCUT2D eigenvalue weighted by Gasteiger charge is -2.33. The van der Waals surface area contributed by atoms with Gasteiger partial charge in [-0.1, -0.05) is 18.2 Å². The van der Waals surface area contributed by atoms with E-state index >= 15 is 0 Å². The van der Waals surface area contributed by atoms with Gasteiger partial charge in [0, 0.05) is 37.1 Å². The van der Waals surface area contributed by atoms with Crippen molar-refractivity contribution < 1.29 is 17.6 Å². The maximum absolute atomic E-state index is 12.9. The van der Waals surface area contributed by atoms with Crippen LogP contribution in [0.1, 0.15) is 21.7 Å². The molecule has 0 unspecified atom stereocenters. The average molecular weight is 409 g/mol. The van der Waals surface area contributed by atoms with Gasteiger partial charge in [0.2, 0.25) is 10.0 Å². The number of carbonyl (C=O) groups excluding carboxylic acids is 1. The molecule has 0 atom stereocenters. The monoisotopic (exact) mass is 409 g/mol. The van der Waals surface area contributed by atoms with Gasteiger partial charge in [0.05, 0.1) is 16.5 Å². The molecule has 2 heterocycles. The maximum atomic E-state index is 12.9. The van der Waals surface area contributed by atoms with Gasteiger partial charge in [-0.15, -0.1) is 0 Å². The zero-order valence-corrected chi connectivity index (χ0v) is 16.6. The number of nitriles is 1. The summed E-state index contributed by atoms with van der Waals surface area (Å²) in [6, 6.07) is 15.3. The normalized spacial score (nSPS) is 15.4. The summed E-state index contributed by atoms with van der Waals surface area (Å²) in [4.78, 5) is 14.7. The number of para-hydroxylation sites is 1. The number of rotatable bonds is 3. The van der Waals surface area contributed by atoms with Crippen LogP contribution >= 0.6 is 0 Å². The molecule has 1 fully saturated rings. The molecule has 7 nitrogen and oxygen atoms in total. The number of benzene rings is 2. The van der Waals surface area contributed by atoms with Gasteiger partial charge in [0.15, 0.2) is 5.76 Å². The average Bonchev–Trinajstić information content (AvgIpc) is 3.10. The minimum Gasteiger partial charge on any atom is -0.451 e. The van der Waals surface area contributed by atoms with E-state index in [0.29, 0.717) is 16.9 Å². The van der Waals surface area contributed by atoms with Crippen molar-refractivity contribution in [1.29, 1.82) is 5.26 Å². The zero-order chi connectivity index (χ0) is 20.6. The van der Waals surface area contributed by atoms with Crippen molar-refractivity contribution in [3.05, 3.63) is 65.4 Å². The Morgan fingerprint density at radius 3 is 2.31 bits per heavy atom. The van der Waals surface area contributed by atoms with E-state index in [1.807, 2.05) is 37.3 Å². The molecule has 0 radical (unpaired) electrons. The highest BCUT2D eigenvalue weighted by Gasteiger charge is 2.32. The number of hydrogen-bond acceptors (Lipinski definition) is 5. The number of amides is 1. The summed E-state index contributed by atoms with van der Waals surface area (Å²) >= 11 is 0. The Bertz CT molecular complexity index is 1220. The van der Waals surface area contributed by atoms with Gasteiger partial charge in [-0.25, -0.2) is 8.42 Å². The van der Waals surface area contributed by atoms with Gasteiger partial charge in [-0.3, -0.25) is 4.79 Å². The Balaban J connectivity index is 1.49. The van der Waals surface area contributed by atoms with Crippen molar-refractivity contribution in [1.82, 2.24) is 9.21 Å². The summed E-state index contributed by atoms with van der Waals surface area (Å²) < 4.78 is 32.8. The summed E-state index contributed by atoms with van der Waals surface area (Å²) in [7, 11) is -3.67. The molecule has 148 valence electrons. The van der Waals surface area contributed by atoms with E-state index in [9.17, 15) is 13.2 Å². The molecular weight excluding hydrogens is 390 g/mol. The van der Waals surface area contributed by atoms with Crippen molar-refractivity contribution in [3.63, 3.8) is 0 Å². The molecule has 1 amide bonds. The van der Waals surface area contributed by atoms with Crippen LogP contribution in [0.15, 0.2) is 57.8 Å². The summed E-state index contributed by atoms with van der Waals surface area (Å²) in [6.45, 7) is 2.82. The van der Waals surface area contributed by atoms with Gasteiger partial charge >= 0.3 is 0 Å². The molecule has 0 N–H and O–H groups in total. The lowest BCUT2D eigenvalue weighted by atomic mass is 10.1. The van der Waals surface area contributed by atoms with Gasteiger partial charge < -0.3 is 9.32 Å². The number of aryl methyl sites for hydroxylation is 1. The fourth-order valence-electron chi connectivity index (χ4n) is 3.50. The summed E-state index contributed by atoms with van der Waals surface area (Å²) in [5.74, 6) is 0.0729. The number of piperazine rings is 1. The number of sulfonamides is 1. The van der Waals surface area contributed by atoms with E-state index in [4.69, 9.17) is 9.68 Å². The molecule has 4 rings (SSSR count). The minimum absolute atomic E-state index is 0.143. The Labute approximate surface area is 168 Å². The number of nitrogens with zero attached hydrogens (tertiary/aromatic N) is 3. The van der Waals surface area contributed by atoms with Gasteiger partial charge in [-0.05, 0) is 37.3 Å². The van der Waals surface area contributed by atoms with Gasteiger partial charge in [0.25, 0.3) is 5.91 Å². The van der Waals surface area contributed by atoms with Crippen LogP contribution in [0.5, 0.6) is 0 Å². The number of fused-ring (bicyclic) bond motifs is 1. The third kappa shape index (κ3) is 3.39. The van der Waals surface area contributed by atoms with Crippen LogP contribution in [0.25, 0.3) is 11.0 Å². The first-order valence-corrected chi connectivity index (χ1v) is 10.6. The first-order valence-electron chi connectivity index (χ1n) is 9.19. The highest BCUT2D eigenvalue weighted by Crippen LogP contribution is 2.26. The molecule has 3 aromatic rings. The maximum Gasteiger partial charge on any atom is 0.289 e. The lowest BCUT2D eigenvalue weighted by Crippen LogP contribution is -2.50. The molecule has 0 spiro atoms. The highest BCUT2D eigenvalue weighted by molar-refractivity contribution is 7.89. The van der Waals surface area contributed by atoms with Crippen molar-refractivity contribution in [2.75, 3.05) is 26.2 Å². The second-order valence-electron chi connectivity index (χ2n) is 6.88. The van der Waals surface area contributed by atoms with Crippen LogP contribution in [-0.4, -0.2) is 49.7 Å². The van der Waals surface area contributed by atoms with Crippen molar-refractivity contribution in [2.45, 2.75) is 11.8 Å². The van der Waals surface area contributed by atoms with Gasteiger partial charge in [-0.2, -0.15) is 9.57 Å². The van der Waals surface area contributed by atoms with Crippen LogP contribution in [0.4, 0.5) is 0 Å². The Hall–Kier alpha value is -3.15. The molecule has 0 aliphatic carbocycles. The SMILES string of the molecule is Cc1c(C(=O)N2CCN(S(=O)(=O)c3ccc(C#N)cc3)CC2)oc2ccccc12. The van der Waals surface area contributed by atoms with Crippen LogP contribution in [0, 0.1) is 18.3 Å². The largest absolute Gasteiger partial charge is 0.451 e. The number of furan rings is 1. The van der Waals surface area contributed by atoms with Crippen LogP contribution < -0.4 is 0 Å². The third-order valence-corrected chi connectivity index (χ3v) is 7.10. The van der Waals surface area contributed by atoms with Crippen LogP contribution in [0.3, 0.4) is 0 Å². The van der Waals surface area contributed by atoms with Crippen molar-refractivity contribution in [2.24, 2.45) is 0 Å². The number of carbonyl (C=O) groups is 1. The van der Waals surface area contributed by atoms with E-state index in [0.717, 1.165) is 10.9 Å². The Morgan fingerprint density at radius 1 is 1.03 bits per heavy atom. The Kier molecular flexibility index (Phi) is 4.86. The van der Waals surface area contributed by atoms with Crippen LogP contribution in [-0.2, 0) is 10.0 Å². The second-order valence-corrected chi connectivity index (χ2v) is 8.82. The summed E-state index contributed by atoms with van der Waals surface area (Å²) in [5, 5.41) is 9.77. The fraction of sp³-hybridized carbons (Fsp3) is 0.238. The van der Waals surface area contributed by atoms with Crippen molar-refractivity contribution >= 4 is 26.9 Å². The molecule has 1 aliphatic rings. The third-order valence-electron chi connectivity index (χ3n) is 5.18.